The largest absolute Gasteiger partial charge is 0.493 e. The first kappa shape index (κ1) is 33.4. The van der Waals surface area contributed by atoms with Crippen LogP contribution in [-0.4, -0.2) is 77.1 Å². The van der Waals surface area contributed by atoms with Gasteiger partial charge in [0.05, 0.1) is 36.4 Å². The van der Waals surface area contributed by atoms with E-state index >= 15 is 0 Å². The molecule has 2 amide bonds. The molecular weight excluding hydrogens is 682 g/mol. The number of ether oxygens (including phenoxy) is 2. The number of amides is 2. The van der Waals surface area contributed by atoms with Crippen LogP contribution in [0.5, 0.6) is 11.5 Å². The Balaban J connectivity index is 1.71. The zero-order valence-corrected chi connectivity index (χ0v) is 26.4. The Kier molecular flexibility index (Phi) is 12.1. The van der Waals surface area contributed by atoms with Gasteiger partial charge in [-0.1, -0.05) is 42.5 Å². The Bertz CT molecular complexity index is 1470. The van der Waals surface area contributed by atoms with Gasteiger partial charge in [-0.15, -0.1) is 0 Å². The average Bonchev–Trinajstić information content (AvgIpc) is 3.02. The van der Waals surface area contributed by atoms with E-state index in [1.807, 2.05) is 52.9 Å². The van der Waals surface area contributed by atoms with Gasteiger partial charge in [-0.2, -0.15) is 0 Å². The number of hydrogen-bond donors (Lipinski definition) is 4. The first-order valence-electron chi connectivity index (χ1n) is 14.2. The number of methoxy groups -OCH3 is 1. The predicted molar refractivity (Wildman–Crippen MR) is 171 cm³/mol. The summed E-state index contributed by atoms with van der Waals surface area (Å²) in [4.78, 5) is 28.6. The topological polar surface area (TPSA) is 129 Å². The Morgan fingerprint density at radius 1 is 1.05 bits per heavy atom. The predicted octanol–water partition coefficient (Wildman–Crippen LogP) is 3.16. The quantitative estimate of drug-likeness (QED) is 0.200. The molecule has 234 valence electrons. The van der Waals surface area contributed by atoms with Gasteiger partial charge in [-0.25, -0.2) is 4.39 Å². The van der Waals surface area contributed by atoms with Gasteiger partial charge in [0.1, 0.15) is 18.0 Å². The highest BCUT2D eigenvalue weighted by Crippen LogP contribution is 2.37. The van der Waals surface area contributed by atoms with Crippen LogP contribution in [0, 0.1) is 9.39 Å². The number of carbonyl (C=O) groups is 2. The summed E-state index contributed by atoms with van der Waals surface area (Å²) in [6.45, 7) is -0.285. The summed E-state index contributed by atoms with van der Waals surface area (Å²) < 4.78 is 26.4. The van der Waals surface area contributed by atoms with Crippen molar-refractivity contribution >= 4 is 34.4 Å². The number of benzene rings is 3. The second-order valence-electron chi connectivity index (χ2n) is 10.4. The molecule has 4 rings (SSSR count). The van der Waals surface area contributed by atoms with Crippen molar-refractivity contribution in [3.63, 3.8) is 0 Å². The Morgan fingerprint density at radius 3 is 2.48 bits per heavy atom. The molecule has 4 N–H and O–H groups in total. The van der Waals surface area contributed by atoms with Crippen LogP contribution in [0.25, 0.3) is 0 Å². The Hall–Kier alpha value is -3.52. The second kappa shape index (κ2) is 16.0. The van der Waals surface area contributed by atoms with Gasteiger partial charge < -0.3 is 35.0 Å². The standard InChI is InChI=1S/C33H36FIN2O7/c1-43-29-16-23(20-39)15-26(35)32(29)44-28-19-24(33(42)36-11-13-38)18-27(31(28)41)37(12-10-22-8-5-9-25(34)14-22)30(40)17-21-6-3-2-4-7-21/h2-9,14-16,19,27-28,31,38-39,41H,10-13,17-18,20H2,1H3,(H,36,42). The van der Waals surface area contributed by atoms with E-state index in [-0.39, 0.29) is 50.6 Å². The maximum atomic E-state index is 14.0. The van der Waals surface area contributed by atoms with Gasteiger partial charge in [0, 0.05) is 25.1 Å². The minimum atomic E-state index is -1.25. The second-order valence-corrected chi connectivity index (χ2v) is 11.6. The molecule has 0 bridgehead atoms. The lowest BCUT2D eigenvalue weighted by atomic mass is 9.87. The zero-order valence-electron chi connectivity index (χ0n) is 24.3. The highest BCUT2D eigenvalue weighted by atomic mass is 127. The van der Waals surface area contributed by atoms with E-state index in [1.54, 1.807) is 29.2 Å². The molecule has 0 fully saturated rings. The van der Waals surface area contributed by atoms with Crippen molar-refractivity contribution in [3.05, 3.63) is 104 Å². The van der Waals surface area contributed by atoms with Gasteiger partial charge in [-0.05, 0) is 76.0 Å². The molecule has 0 heterocycles. The lowest BCUT2D eigenvalue weighted by Gasteiger charge is -2.41. The van der Waals surface area contributed by atoms with Crippen molar-refractivity contribution in [2.24, 2.45) is 0 Å². The van der Waals surface area contributed by atoms with E-state index in [0.717, 1.165) is 5.56 Å². The van der Waals surface area contributed by atoms with Crippen molar-refractivity contribution in [3.8, 4) is 11.5 Å². The molecule has 1 aliphatic carbocycles. The Labute approximate surface area is 269 Å². The third kappa shape index (κ3) is 8.56. The summed E-state index contributed by atoms with van der Waals surface area (Å²) in [7, 11) is 1.46. The minimum absolute atomic E-state index is 0.0273. The zero-order chi connectivity index (χ0) is 31.6. The number of aliphatic hydroxyl groups excluding tert-OH is 3. The molecule has 44 heavy (non-hydrogen) atoms. The van der Waals surface area contributed by atoms with E-state index in [4.69, 9.17) is 9.47 Å². The molecule has 3 unspecified atom stereocenters. The molecule has 3 atom stereocenters. The number of carbonyl (C=O) groups excluding carboxylic acids is 2. The van der Waals surface area contributed by atoms with Crippen molar-refractivity contribution < 1.29 is 38.8 Å². The van der Waals surface area contributed by atoms with Crippen LogP contribution < -0.4 is 14.8 Å². The third-order valence-electron chi connectivity index (χ3n) is 7.39. The minimum Gasteiger partial charge on any atom is -0.493 e. The van der Waals surface area contributed by atoms with Crippen molar-refractivity contribution in [2.45, 2.75) is 44.1 Å². The van der Waals surface area contributed by atoms with Crippen molar-refractivity contribution in [1.29, 1.82) is 0 Å². The number of hydrogen-bond acceptors (Lipinski definition) is 7. The molecule has 3 aromatic rings. The highest BCUT2D eigenvalue weighted by Gasteiger charge is 2.40. The monoisotopic (exact) mass is 718 g/mol. The lowest BCUT2D eigenvalue weighted by Crippen LogP contribution is -2.56. The highest BCUT2D eigenvalue weighted by molar-refractivity contribution is 14.1. The fraction of sp³-hybridized carbons (Fsp3) is 0.333. The first-order chi connectivity index (χ1) is 21.2. The van der Waals surface area contributed by atoms with E-state index in [1.165, 1.54) is 25.3 Å². The van der Waals surface area contributed by atoms with Gasteiger partial charge in [0.25, 0.3) is 0 Å². The van der Waals surface area contributed by atoms with Crippen LogP contribution in [0.15, 0.2) is 78.4 Å². The van der Waals surface area contributed by atoms with Crippen molar-refractivity contribution in [1.82, 2.24) is 10.2 Å². The van der Waals surface area contributed by atoms with Crippen LogP contribution in [0.2, 0.25) is 0 Å². The molecule has 0 spiro atoms. The summed E-state index contributed by atoms with van der Waals surface area (Å²) >= 11 is 2.04. The molecule has 9 nitrogen and oxygen atoms in total. The summed E-state index contributed by atoms with van der Waals surface area (Å²) in [6, 6.07) is 17.8. The number of nitrogens with one attached hydrogen (secondary N) is 1. The molecule has 11 heteroatoms. The molecule has 0 aliphatic heterocycles. The van der Waals surface area contributed by atoms with Crippen LogP contribution in [-0.2, 0) is 29.0 Å². The smallest absolute Gasteiger partial charge is 0.247 e. The Morgan fingerprint density at radius 2 is 1.80 bits per heavy atom. The molecule has 0 radical (unpaired) electrons. The van der Waals surface area contributed by atoms with E-state index in [2.05, 4.69) is 5.32 Å². The first-order valence-corrected chi connectivity index (χ1v) is 15.3. The van der Waals surface area contributed by atoms with Crippen LogP contribution >= 0.6 is 22.6 Å². The van der Waals surface area contributed by atoms with Crippen LogP contribution in [0.3, 0.4) is 0 Å². The summed E-state index contributed by atoms with van der Waals surface area (Å²) in [5.74, 6) is -0.479. The summed E-state index contributed by atoms with van der Waals surface area (Å²) in [5.41, 5.74) is 2.35. The maximum absolute atomic E-state index is 14.0. The number of rotatable bonds is 13. The van der Waals surface area contributed by atoms with E-state index < -0.39 is 30.0 Å². The molecule has 0 aromatic heterocycles. The van der Waals surface area contributed by atoms with E-state index in [0.29, 0.717) is 32.6 Å². The average molecular weight is 719 g/mol. The van der Waals surface area contributed by atoms with Gasteiger partial charge in [0.2, 0.25) is 11.8 Å². The van der Waals surface area contributed by atoms with Crippen LogP contribution in [0.1, 0.15) is 23.1 Å². The molecule has 0 saturated carbocycles. The maximum Gasteiger partial charge on any atom is 0.247 e. The van der Waals surface area contributed by atoms with Gasteiger partial charge >= 0.3 is 0 Å². The number of nitrogens with zero attached hydrogens (tertiary/aromatic N) is 1. The van der Waals surface area contributed by atoms with Gasteiger partial charge in [-0.3, -0.25) is 9.59 Å². The van der Waals surface area contributed by atoms with E-state index in [9.17, 15) is 29.3 Å². The fourth-order valence-corrected chi connectivity index (χ4v) is 5.98. The normalized spacial score (nSPS) is 17.9. The molecule has 1 aliphatic rings. The molecule has 3 aromatic carbocycles. The summed E-state index contributed by atoms with van der Waals surface area (Å²) in [5, 5.41) is 33.3. The fourth-order valence-electron chi connectivity index (χ4n) is 5.18. The van der Waals surface area contributed by atoms with Gasteiger partial charge in [0.15, 0.2) is 11.5 Å². The SMILES string of the molecule is COc1cc(CO)cc(I)c1OC1C=C(C(=O)NCCO)CC(N(CCc2cccc(F)c2)C(=O)Cc2ccccc2)C1O. The lowest BCUT2D eigenvalue weighted by molar-refractivity contribution is -0.137. The molecular formula is C33H36FIN2O7. The molecule has 0 saturated heterocycles. The summed E-state index contributed by atoms with van der Waals surface area (Å²) in [6.07, 6.45) is -0.392. The van der Waals surface area contributed by atoms with Crippen molar-refractivity contribution in [2.75, 3.05) is 26.8 Å². The number of aliphatic hydroxyl groups is 3. The number of halogens is 2. The van der Waals surface area contributed by atoms with Crippen LogP contribution in [0.4, 0.5) is 4.39 Å². The third-order valence-corrected chi connectivity index (χ3v) is 8.19.